The number of halogens is 3. The van der Waals surface area contributed by atoms with Gasteiger partial charge in [-0.25, -0.2) is 0 Å². The monoisotopic (exact) mass is 348 g/mol. The summed E-state index contributed by atoms with van der Waals surface area (Å²) >= 11 is 0. The highest BCUT2D eigenvalue weighted by Gasteiger charge is 2.31. The molecule has 0 aromatic heterocycles. The van der Waals surface area contributed by atoms with Gasteiger partial charge in [0, 0.05) is 38.6 Å². The maximum Gasteiger partial charge on any atom is 0.416 e. The van der Waals surface area contributed by atoms with E-state index in [1.54, 1.807) is 25.1 Å². The van der Waals surface area contributed by atoms with Crippen molar-refractivity contribution in [3.8, 4) is 0 Å². The number of aryl methyl sites for hydroxylation is 2. The van der Waals surface area contributed by atoms with Crippen LogP contribution in [-0.2, 0) is 19.1 Å². The molecule has 3 rings (SSSR count). The minimum atomic E-state index is -4.32. The zero-order chi connectivity index (χ0) is 18.4. The van der Waals surface area contributed by atoms with E-state index in [0.29, 0.717) is 12.2 Å². The normalized spacial score (nSPS) is 14.0. The van der Waals surface area contributed by atoms with Crippen LogP contribution in [0.5, 0.6) is 0 Å². The first-order valence-corrected chi connectivity index (χ1v) is 8.39. The van der Waals surface area contributed by atoms with Gasteiger partial charge < -0.3 is 9.80 Å². The molecule has 0 fully saturated rings. The molecule has 0 unspecified atom stereocenters. The van der Waals surface area contributed by atoms with Crippen molar-refractivity contribution in [2.45, 2.75) is 33.0 Å². The van der Waals surface area contributed by atoms with Crippen molar-refractivity contribution in [2.75, 3.05) is 30.4 Å². The summed E-state index contributed by atoms with van der Waals surface area (Å²) in [6, 6.07) is 8.40. The standard InChI is InChI=1S/C20H23F3N2/c1-13-9-14(2)17-7-8-25(19(17)10-13)12-15-5-6-16(20(21,22)23)11-18(15)24(3)4/h5-6,9-11H,7-8,12H2,1-4H3. The quantitative estimate of drug-likeness (QED) is 0.774. The highest BCUT2D eigenvalue weighted by Crippen LogP contribution is 2.36. The average Bonchev–Trinajstić information content (AvgIpc) is 2.89. The molecule has 0 aliphatic carbocycles. The summed E-state index contributed by atoms with van der Waals surface area (Å²) in [5, 5.41) is 0. The van der Waals surface area contributed by atoms with Crippen LogP contribution in [0.4, 0.5) is 24.5 Å². The Labute approximate surface area is 146 Å². The molecule has 1 heterocycles. The molecule has 0 bridgehead atoms. The number of hydrogen-bond donors (Lipinski definition) is 0. The largest absolute Gasteiger partial charge is 0.416 e. The molecule has 2 nitrogen and oxygen atoms in total. The summed E-state index contributed by atoms with van der Waals surface area (Å²) < 4.78 is 39.1. The number of nitrogens with zero attached hydrogens (tertiary/aromatic N) is 2. The van der Waals surface area contributed by atoms with Gasteiger partial charge in [0.15, 0.2) is 0 Å². The van der Waals surface area contributed by atoms with Crippen molar-refractivity contribution in [1.29, 1.82) is 0 Å². The second-order valence-electron chi connectivity index (χ2n) is 6.99. The minimum absolute atomic E-state index is 0.603. The van der Waals surface area contributed by atoms with Crippen LogP contribution >= 0.6 is 0 Å². The van der Waals surface area contributed by atoms with Crippen molar-refractivity contribution in [2.24, 2.45) is 0 Å². The van der Waals surface area contributed by atoms with Gasteiger partial charge in [0.05, 0.1) is 5.56 Å². The number of anilines is 2. The van der Waals surface area contributed by atoms with E-state index >= 15 is 0 Å². The Bertz CT molecular complexity index is 794. The lowest BCUT2D eigenvalue weighted by Crippen LogP contribution is -2.22. The van der Waals surface area contributed by atoms with Crippen LogP contribution in [0.3, 0.4) is 0 Å². The van der Waals surface area contributed by atoms with Crippen molar-refractivity contribution in [3.63, 3.8) is 0 Å². The molecule has 2 aromatic rings. The van der Waals surface area contributed by atoms with E-state index in [-0.39, 0.29) is 0 Å². The fourth-order valence-electron chi connectivity index (χ4n) is 3.61. The first-order chi connectivity index (χ1) is 11.7. The molecule has 134 valence electrons. The number of hydrogen-bond acceptors (Lipinski definition) is 2. The van der Waals surface area contributed by atoms with Gasteiger partial charge in [0.1, 0.15) is 0 Å². The summed E-state index contributed by atoms with van der Waals surface area (Å²) in [6.07, 6.45) is -3.34. The third-order valence-corrected chi connectivity index (χ3v) is 4.82. The second kappa shape index (κ2) is 6.28. The number of rotatable bonds is 3. The SMILES string of the molecule is Cc1cc(C)c2c(c1)N(Cc1ccc(C(F)(F)F)cc1N(C)C)CC2. The molecule has 0 amide bonds. The van der Waals surface area contributed by atoms with Crippen molar-refractivity contribution in [3.05, 3.63) is 58.1 Å². The summed E-state index contributed by atoms with van der Waals surface area (Å²) in [7, 11) is 3.57. The molecule has 1 aliphatic rings. The van der Waals surface area contributed by atoms with E-state index in [1.165, 1.54) is 34.5 Å². The Kier molecular flexibility index (Phi) is 4.43. The smallest absolute Gasteiger partial charge is 0.377 e. The van der Waals surface area contributed by atoms with E-state index in [4.69, 9.17) is 0 Å². The lowest BCUT2D eigenvalue weighted by Gasteiger charge is -2.25. The molecule has 1 aliphatic heterocycles. The summed E-state index contributed by atoms with van der Waals surface area (Å²) in [6.45, 7) is 5.71. The minimum Gasteiger partial charge on any atom is -0.377 e. The Morgan fingerprint density at radius 3 is 2.44 bits per heavy atom. The van der Waals surface area contributed by atoms with E-state index in [9.17, 15) is 13.2 Å². The van der Waals surface area contributed by atoms with Gasteiger partial charge in [-0.3, -0.25) is 0 Å². The van der Waals surface area contributed by atoms with Gasteiger partial charge in [-0.15, -0.1) is 0 Å². The maximum absolute atomic E-state index is 13.0. The Morgan fingerprint density at radius 1 is 1.08 bits per heavy atom. The van der Waals surface area contributed by atoms with E-state index < -0.39 is 11.7 Å². The molecule has 0 saturated heterocycles. The van der Waals surface area contributed by atoms with Crippen molar-refractivity contribution >= 4 is 11.4 Å². The van der Waals surface area contributed by atoms with Crippen LogP contribution in [0, 0.1) is 13.8 Å². The van der Waals surface area contributed by atoms with Gasteiger partial charge >= 0.3 is 6.18 Å². The fraction of sp³-hybridized carbons (Fsp3) is 0.400. The van der Waals surface area contributed by atoms with Crippen LogP contribution in [0.2, 0.25) is 0 Å². The second-order valence-corrected chi connectivity index (χ2v) is 6.99. The van der Waals surface area contributed by atoms with E-state index in [1.807, 2.05) is 0 Å². The van der Waals surface area contributed by atoms with Gasteiger partial charge in [0.25, 0.3) is 0 Å². The number of alkyl halides is 3. The third-order valence-electron chi connectivity index (χ3n) is 4.82. The van der Waals surface area contributed by atoms with Gasteiger partial charge in [0.2, 0.25) is 0 Å². The topological polar surface area (TPSA) is 6.48 Å². The molecular weight excluding hydrogens is 325 g/mol. The van der Waals surface area contributed by atoms with Gasteiger partial charge in [-0.2, -0.15) is 13.2 Å². The van der Waals surface area contributed by atoms with Gasteiger partial charge in [-0.1, -0.05) is 12.1 Å². The first kappa shape index (κ1) is 17.6. The van der Waals surface area contributed by atoms with Crippen LogP contribution in [0.25, 0.3) is 0 Å². The number of fused-ring (bicyclic) bond motifs is 1. The third kappa shape index (κ3) is 3.46. The zero-order valence-electron chi connectivity index (χ0n) is 15.0. The summed E-state index contributed by atoms with van der Waals surface area (Å²) in [5.74, 6) is 0. The molecule has 2 aromatic carbocycles. The highest BCUT2D eigenvalue weighted by atomic mass is 19.4. The predicted octanol–water partition coefficient (Wildman–Crippen LogP) is 4.95. The van der Waals surface area contributed by atoms with Crippen molar-refractivity contribution in [1.82, 2.24) is 0 Å². The Morgan fingerprint density at radius 2 is 1.80 bits per heavy atom. The summed E-state index contributed by atoms with van der Waals surface area (Å²) in [5.41, 5.74) is 5.98. The lowest BCUT2D eigenvalue weighted by molar-refractivity contribution is -0.137. The Balaban J connectivity index is 1.95. The molecule has 0 saturated carbocycles. The molecule has 25 heavy (non-hydrogen) atoms. The molecule has 0 N–H and O–H groups in total. The summed E-state index contributed by atoms with van der Waals surface area (Å²) in [4.78, 5) is 4.02. The molecule has 0 radical (unpaired) electrons. The van der Waals surface area contributed by atoms with E-state index in [0.717, 1.165) is 18.5 Å². The molecule has 0 spiro atoms. The van der Waals surface area contributed by atoms with Crippen LogP contribution in [0.1, 0.15) is 27.8 Å². The first-order valence-electron chi connectivity index (χ1n) is 8.39. The van der Waals surface area contributed by atoms with Crippen molar-refractivity contribution < 1.29 is 13.2 Å². The van der Waals surface area contributed by atoms with Crippen LogP contribution in [0.15, 0.2) is 30.3 Å². The molecule has 5 heteroatoms. The fourth-order valence-corrected chi connectivity index (χ4v) is 3.61. The average molecular weight is 348 g/mol. The lowest BCUT2D eigenvalue weighted by atomic mass is 10.0. The highest BCUT2D eigenvalue weighted by molar-refractivity contribution is 5.64. The zero-order valence-corrected chi connectivity index (χ0v) is 15.0. The maximum atomic E-state index is 13.0. The van der Waals surface area contributed by atoms with Crippen LogP contribution < -0.4 is 9.80 Å². The van der Waals surface area contributed by atoms with Gasteiger partial charge in [-0.05, 0) is 60.7 Å². The predicted molar refractivity (Wildman–Crippen MR) is 96.4 cm³/mol. The Hall–Kier alpha value is -2.17. The van der Waals surface area contributed by atoms with E-state index in [2.05, 4.69) is 30.9 Å². The number of benzene rings is 2. The molecule has 0 atom stereocenters. The molecular formula is C20H23F3N2. The van der Waals surface area contributed by atoms with Crippen LogP contribution in [-0.4, -0.2) is 20.6 Å².